The summed E-state index contributed by atoms with van der Waals surface area (Å²) in [4.78, 5) is 32.5. The number of aromatic nitrogens is 6. The van der Waals surface area contributed by atoms with Gasteiger partial charge in [0, 0.05) is 38.4 Å². The van der Waals surface area contributed by atoms with E-state index in [1.165, 1.54) is 16.8 Å². The van der Waals surface area contributed by atoms with Crippen molar-refractivity contribution in [3.63, 3.8) is 0 Å². The number of pyridine rings is 1. The second kappa shape index (κ2) is 7.46. The third-order valence-electron chi connectivity index (χ3n) is 5.65. The average Bonchev–Trinajstić information content (AvgIpc) is 3.45. The first kappa shape index (κ1) is 19.2. The number of imidazole rings is 1. The van der Waals surface area contributed by atoms with E-state index < -0.39 is 0 Å². The maximum absolute atomic E-state index is 14.3. The molecule has 5 rings (SSSR count). The number of rotatable bonds is 4. The Morgan fingerprint density at radius 2 is 2.19 bits per heavy atom. The van der Waals surface area contributed by atoms with Gasteiger partial charge in [-0.1, -0.05) is 0 Å². The molecule has 1 atom stereocenters. The lowest BCUT2D eigenvalue weighted by Gasteiger charge is -2.34. The molecule has 0 saturated carbocycles. The molecule has 0 unspecified atom stereocenters. The van der Waals surface area contributed by atoms with Crippen LogP contribution in [0.4, 0.5) is 10.2 Å². The van der Waals surface area contributed by atoms with E-state index in [0.29, 0.717) is 30.1 Å². The van der Waals surface area contributed by atoms with Crippen molar-refractivity contribution in [3.05, 3.63) is 71.7 Å². The van der Waals surface area contributed by atoms with Crippen LogP contribution in [0.2, 0.25) is 0 Å². The molecule has 0 spiro atoms. The fourth-order valence-electron chi connectivity index (χ4n) is 3.88. The first-order valence-electron chi connectivity index (χ1n) is 10.1. The average molecular weight is 420 g/mol. The maximum Gasteiger partial charge on any atom is 0.273 e. The Morgan fingerprint density at radius 3 is 2.94 bits per heavy atom. The molecule has 0 aromatic carbocycles. The van der Waals surface area contributed by atoms with E-state index in [1.54, 1.807) is 42.8 Å². The molecular weight excluding hydrogens is 399 g/mol. The first-order chi connectivity index (χ1) is 15.1. The largest absolute Gasteiger partial charge is 0.348 e. The first-order valence-corrected chi connectivity index (χ1v) is 10.1. The van der Waals surface area contributed by atoms with Gasteiger partial charge >= 0.3 is 0 Å². The Bertz CT molecular complexity index is 1250. The Morgan fingerprint density at radius 1 is 1.32 bits per heavy atom. The fraction of sp³-hybridized carbons (Fsp3) is 0.286. The van der Waals surface area contributed by atoms with E-state index in [1.807, 2.05) is 11.8 Å². The standard InChI is InChI=1S/C21H21FN8O/c1-3-28(2)21(31)16-10-24-18(11-23-16)29-8-6-14-19(26-12-25-14)20(29)15-9-17-13(22)5-4-7-30(17)27-15/h4-5,7,9-12,20H,3,6,8H2,1-2H3,(H,25,26)/t20-/m1/s1. The van der Waals surface area contributed by atoms with Gasteiger partial charge in [-0.3, -0.25) is 4.79 Å². The molecule has 0 aliphatic carbocycles. The van der Waals surface area contributed by atoms with Crippen LogP contribution in [-0.4, -0.2) is 60.5 Å². The Balaban J connectivity index is 1.56. The van der Waals surface area contributed by atoms with Gasteiger partial charge in [-0.25, -0.2) is 23.9 Å². The predicted molar refractivity (Wildman–Crippen MR) is 111 cm³/mol. The SMILES string of the molecule is CCN(C)C(=O)c1cnc(N2CCc3[nH]cnc3[C@H]2c2cc3c(F)cccn3n2)cn1. The van der Waals surface area contributed by atoms with Crippen LogP contribution in [0.25, 0.3) is 5.52 Å². The number of H-pyrrole nitrogens is 1. The van der Waals surface area contributed by atoms with Crippen molar-refractivity contribution in [1.29, 1.82) is 0 Å². The number of hydrogen-bond donors (Lipinski definition) is 1. The van der Waals surface area contributed by atoms with E-state index in [4.69, 9.17) is 0 Å². The van der Waals surface area contributed by atoms with Gasteiger partial charge in [0.1, 0.15) is 28.9 Å². The highest BCUT2D eigenvalue weighted by atomic mass is 19.1. The Kier molecular flexibility index (Phi) is 4.61. The minimum absolute atomic E-state index is 0.179. The minimum Gasteiger partial charge on any atom is -0.348 e. The maximum atomic E-state index is 14.3. The van der Waals surface area contributed by atoms with Crippen molar-refractivity contribution in [2.24, 2.45) is 0 Å². The summed E-state index contributed by atoms with van der Waals surface area (Å²) in [6, 6.07) is 4.40. The number of carbonyl (C=O) groups excluding carboxylic acids is 1. The van der Waals surface area contributed by atoms with Gasteiger partial charge in [-0.15, -0.1) is 0 Å². The summed E-state index contributed by atoms with van der Waals surface area (Å²) in [5, 5.41) is 4.60. The van der Waals surface area contributed by atoms with Crippen molar-refractivity contribution in [3.8, 4) is 0 Å². The van der Waals surface area contributed by atoms with Gasteiger partial charge in [0.05, 0.1) is 30.1 Å². The van der Waals surface area contributed by atoms with Gasteiger partial charge in [0.15, 0.2) is 0 Å². The lowest BCUT2D eigenvalue weighted by Crippen LogP contribution is -2.37. The molecule has 0 fully saturated rings. The summed E-state index contributed by atoms with van der Waals surface area (Å²) in [6.45, 7) is 3.13. The van der Waals surface area contributed by atoms with E-state index >= 15 is 0 Å². The molecule has 1 amide bonds. The van der Waals surface area contributed by atoms with Crippen molar-refractivity contribution in [1.82, 2.24) is 34.4 Å². The van der Waals surface area contributed by atoms with Crippen LogP contribution in [0.15, 0.2) is 43.1 Å². The number of anilines is 1. The lowest BCUT2D eigenvalue weighted by atomic mass is 10.00. The second-order valence-electron chi connectivity index (χ2n) is 7.45. The Hall–Kier alpha value is -3.82. The normalized spacial score (nSPS) is 15.8. The van der Waals surface area contributed by atoms with Crippen LogP contribution in [0.3, 0.4) is 0 Å². The van der Waals surface area contributed by atoms with Gasteiger partial charge in [-0.05, 0) is 25.1 Å². The van der Waals surface area contributed by atoms with Crippen LogP contribution in [0.1, 0.15) is 40.5 Å². The number of carbonyl (C=O) groups is 1. The molecule has 1 N–H and O–H groups in total. The zero-order valence-electron chi connectivity index (χ0n) is 17.2. The zero-order valence-corrected chi connectivity index (χ0v) is 17.2. The molecule has 0 bridgehead atoms. The minimum atomic E-state index is -0.358. The van der Waals surface area contributed by atoms with E-state index in [-0.39, 0.29) is 23.5 Å². The number of hydrogen-bond acceptors (Lipinski definition) is 6. The van der Waals surface area contributed by atoms with Crippen molar-refractivity contribution < 1.29 is 9.18 Å². The molecule has 10 heteroatoms. The molecule has 1 aliphatic heterocycles. The van der Waals surface area contributed by atoms with E-state index in [2.05, 4.69) is 25.0 Å². The van der Waals surface area contributed by atoms with Crippen molar-refractivity contribution in [2.45, 2.75) is 19.4 Å². The van der Waals surface area contributed by atoms with Crippen molar-refractivity contribution in [2.75, 3.05) is 25.0 Å². The second-order valence-corrected chi connectivity index (χ2v) is 7.45. The summed E-state index contributed by atoms with van der Waals surface area (Å²) >= 11 is 0. The van der Waals surface area contributed by atoms with Crippen LogP contribution < -0.4 is 4.90 Å². The van der Waals surface area contributed by atoms with Crippen LogP contribution in [-0.2, 0) is 6.42 Å². The third kappa shape index (κ3) is 3.20. The number of halogens is 1. The summed E-state index contributed by atoms with van der Waals surface area (Å²) < 4.78 is 15.8. The fourth-order valence-corrected chi connectivity index (χ4v) is 3.88. The van der Waals surface area contributed by atoms with Gasteiger partial charge in [0.25, 0.3) is 5.91 Å². The number of nitrogens with zero attached hydrogens (tertiary/aromatic N) is 7. The molecule has 0 saturated heterocycles. The lowest BCUT2D eigenvalue weighted by molar-refractivity contribution is 0.0796. The molecule has 4 aromatic rings. The Labute approximate surface area is 177 Å². The topological polar surface area (TPSA) is 95.3 Å². The highest BCUT2D eigenvalue weighted by Crippen LogP contribution is 2.35. The summed E-state index contributed by atoms with van der Waals surface area (Å²) in [5.41, 5.74) is 3.18. The van der Waals surface area contributed by atoms with Gasteiger partial charge in [-0.2, -0.15) is 5.10 Å². The van der Waals surface area contributed by atoms with Crippen LogP contribution >= 0.6 is 0 Å². The van der Waals surface area contributed by atoms with E-state index in [9.17, 15) is 9.18 Å². The summed E-state index contributed by atoms with van der Waals surface area (Å²) in [5.74, 6) is 0.0857. The van der Waals surface area contributed by atoms with Crippen molar-refractivity contribution >= 4 is 17.2 Å². The van der Waals surface area contributed by atoms with Crippen LogP contribution in [0, 0.1) is 5.82 Å². The zero-order chi connectivity index (χ0) is 21.5. The summed E-state index contributed by atoms with van der Waals surface area (Å²) in [6.07, 6.45) is 7.20. The highest BCUT2D eigenvalue weighted by molar-refractivity contribution is 5.91. The van der Waals surface area contributed by atoms with Gasteiger partial charge in [0.2, 0.25) is 0 Å². The molecule has 1 aliphatic rings. The van der Waals surface area contributed by atoms with Crippen LogP contribution in [0.5, 0.6) is 0 Å². The van der Waals surface area contributed by atoms with E-state index in [0.717, 1.165) is 17.8 Å². The number of nitrogens with one attached hydrogen (secondary N) is 1. The monoisotopic (exact) mass is 420 g/mol. The molecular formula is C21H21FN8O. The summed E-state index contributed by atoms with van der Waals surface area (Å²) in [7, 11) is 1.72. The molecule has 4 aromatic heterocycles. The third-order valence-corrected chi connectivity index (χ3v) is 5.65. The molecule has 0 radical (unpaired) electrons. The molecule has 31 heavy (non-hydrogen) atoms. The number of amides is 1. The highest BCUT2D eigenvalue weighted by Gasteiger charge is 2.34. The molecule has 5 heterocycles. The smallest absolute Gasteiger partial charge is 0.273 e. The number of fused-ring (bicyclic) bond motifs is 2. The quantitative estimate of drug-likeness (QED) is 0.544. The molecule has 9 nitrogen and oxygen atoms in total. The predicted octanol–water partition coefficient (Wildman–Crippen LogP) is 2.23. The van der Waals surface area contributed by atoms with Gasteiger partial charge < -0.3 is 14.8 Å². The number of aromatic amines is 1. The molecule has 158 valence electrons.